The van der Waals surface area contributed by atoms with E-state index >= 15 is 0 Å². The second-order valence-electron chi connectivity index (χ2n) is 4.33. The predicted molar refractivity (Wildman–Crippen MR) is 68.1 cm³/mol. The number of benzene rings is 1. The first-order valence-electron chi connectivity index (χ1n) is 5.80. The van der Waals surface area contributed by atoms with Crippen LogP contribution in [0.3, 0.4) is 0 Å². The highest BCUT2D eigenvalue weighted by Gasteiger charge is 2.16. The maximum Gasteiger partial charge on any atom is 0.335 e. The Bertz CT molecular complexity index is 411. The van der Waals surface area contributed by atoms with Crippen LogP contribution in [0.15, 0.2) is 22.7 Å². The molecule has 1 fully saturated rings. The van der Waals surface area contributed by atoms with Crippen molar-refractivity contribution in [3.63, 3.8) is 0 Å². The minimum atomic E-state index is -0.908. The van der Waals surface area contributed by atoms with Crippen LogP contribution in [-0.4, -0.2) is 17.2 Å². The molecule has 1 aliphatic rings. The average Bonchev–Trinajstić information content (AvgIpc) is 2.80. The normalized spacial score (nSPS) is 16.3. The SMILES string of the molecule is O=C(O)c1ccc(COC2CCCC2)c(Br)c1. The summed E-state index contributed by atoms with van der Waals surface area (Å²) < 4.78 is 6.59. The van der Waals surface area contributed by atoms with Gasteiger partial charge in [0.15, 0.2) is 0 Å². The molecule has 0 aromatic heterocycles. The van der Waals surface area contributed by atoms with Crippen molar-refractivity contribution >= 4 is 21.9 Å². The summed E-state index contributed by atoms with van der Waals surface area (Å²) in [5, 5.41) is 8.85. The number of carbonyl (C=O) groups is 1. The smallest absolute Gasteiger partial charge is 0.335 e. The van der Waals surface area contributed by atoms with Gasteiger partial charge in [-0.25, -0.2) is 4.79 Å². The van der Waals surface area contributed by atoms with Crippen molar-refractivity contribution in [2.75, 3.05) is 0 Å². The van der Waals surface area contributed by atoms with Crippen LogP contribution in [0.2, 0.25) is 0 Å². The number of carboxylic acid groups (broad SMARTS) is 1. The second-order valence-corrected chi connectivity index (χ2v) is 5.18. The lowest BCUT2D eigenvalue weighted by Crippen LogP contribution is -2.07. The fourth-order valence-electron chi connectivity index (χ4n) is 2.06. The van der Waals surface area contributed by atoms with E-state index in [1.807, 2.05) is 6.07 Å². The zero-order valence-electron chi connectivity index (χ0n) is 9.49. The third kappa shape index (κ3) is 3.30. The van der Waals surface area contributed by atoms with Gasteiger partial charge in [0.2, 0.25) is 0 Å². The first-order valence-corrected chi connectivity index (χ1v) is 6.59. The highest BCUT2D eigenvalue weighted by Crippen LogP contribution is 2.24. The Balaban J connectivity index is 1.98. The number of ether oxygens (including phenoxy) is 1. The van der Waals surface area contributed by atoms with Gasteiger partial charge < -0.3 is 9.84 Å². The third-order valence-electron chi connectivity index (χ3n) is 3.08. The minimum Gasteiger partial charge on any atom is -0.478 e. The summed E-state index contributed by atoms with van der Waals surface area (Å²) in [6, 6.07) is 5.04. The molecular formula is C13H15BrO3. The van der Waals surface area contributed by atoms with Crippen molar-refractivity contribution < 1.29 is 14.6 Å². The van der Waals surface area contributed by atoms with Gasteiger partial charge in [-0.1, -0.05) is 34.8 Å². The van der Waals surface area contributed by atoms with Crippen LogP contribution in [0, 0.1) is 0 Å². The maximum atomic E-state index is 10.8. The van der Waals surface area contributed by atoms with E-state index in [0.717, 1.165) is 22.9 Å². The van der Waals surface area contributed by atoms with Gasteiger partial charge in [0.25, 0.3) is 0 Å². The van der Waals surface area contributed by atoms with Gasteiger partial charge in [0.05, 0.1) is 18.3 Å². The molecule has 0 aliphatic heterocycles. The number of halogens is 1. The Morgan fingerprint density at radius 2 is 2.12 bits per heavy atom. The van der Waals surface area contributed by atoms with Gasteiger partial charge in [0, 0.05) is 4.47 Å². The lowest BCUT2D eigenvalue weighted by molar-refractivity contribution is 0.0453. The van der Waals surface area contributed by atoms with Gasteiger partial charge in [-0.3, -0.25) is 0 Å². The highest BCUT2D eigenvalue weighted by atomic mass is 79.9. The van der Waals surface area contributed by atoms with Gasteiger partial charge in [-0.2, -0.15) is 0 Å². The van der Waals surface area contributed by atoms with Crippen molar-refractivity contribution in [3.05, 3.63) is 33.8 Å². The zero-order valence-corrected chi connectivity index (χ0v) is 11.1. The summed E-state index contributed by atoms with van der Waals surface area (Å²) in [5.41, 5.74) is 1.29. The second kappa shape index (κ2) is 5.65. The predicted octanol–water partition coefficient (Wildman–Crippen LogP) is 3.61. The summed E-state index contributed by atoms with van der Waals surface area (Å²) in [7, 11) is 0. The van der Waals surface area contributed by atoms with Gasteiger partial charge >= 0.3 is 5.97 Å². The van der Waals surface area contributed by atoms with Crippen LogP contribution in [0.4, 0.5) is 0 Å². The Kier molecular flexibility index (Phi) is 4.18. The van der Waals surface area contributed by atoms with Gasteiger partial charge in [-0.15, -0.1) is 0 Å². The topological polar surface area (TPSA) is 46.5 Å². The maximum absolute atomic E-state index is 10.8. The van der Waals surface area contributed by atoms with Crippen LogP contribution in [-0.2, 0) is 11.3 Å². The zero-order chi connectivity index (χ0) is 12.3. The molecule has 4 heteroatoms. The summed E-state index contributed by atoms with van der Waals surface area (Å²) in [6.07, 6.45) is 5.17. The lowest BCUT2D eigenvalue weighted by atomic mass is 10.1. The minimum absolute atomic E-state index is 0.293. The molecule has 0 radical (unpaired) electrons. The molecule has 0 heterocycles. The summed E-state index contributed by atoms with van der Waals surface area (Å²) in [6.45, 7) is 0.547. The van der Waals surface area contributed by atoms with E-state index in [9.17, 15) is 4.79 Å². The van der Waals surface area contributed by atoms with E-state index in [-0.39, 0.29) is 0 Å². The van der Waals surface area contributed by atoms with E-state index in [0.29, 0.717) is 18.3 Å². The molecule has 92 valence electrons. The fourth-order valence-corrected chi connectivity index (χ4v) is 2.55. The molecular weight excluding hydrogens is 284 g/mol. The third-order valence-corrected chi connectivity index (χ3v) is 3.81. The van der Waals surface area contributed by atoms with E-state index in [2.05, 4.69) is 15.9 Å². The quantitative estimate of drug-likeness (QED) is 0.924. The number of hydrogen-bond donors (Lipinski definition) is 1. The monoisotopic (exact) mass is 298 g/mol. The van der Waals surface area contributed by atoms with Crippen LogP contribution >= 0.6 is 15.9 Å². The van der Waals surface area contributed by atoms with Gasteiger partial charge in [0.1, 0.15) is 0 Å². The van der Waals surface area contributed by atoms with E-state index in [1.54, 1.807) is 12.1 Å². The number of hydrogen-bond acceptors (Lipinski definition) is 2. The molecule has 1 N–H and O–H groups in total. The number of aromatic carboxylic acids is 1. The van der Waals surface area contributed by atoms with Crippen LogP contribution in [0.1, 0.15) is 41.6 Å². The van der Waals surface area contributed by atoms with Crippen LogP contribution in [0.5, 0.6) is 0 Å². The first kappa shape index (κ1) is 12.6. The molecule has 0 unspecified atom stereocenters. The molecule has 0 atom stereocenters. The lowest BCUT2D eigenvalue weighted by Gasteiger charge is -2.12. The summed E-state index contributed by atoms with van der Waals surface area (Å²) >= 11 is 3.38. The molecule has 1 saturated carbocycles. The van der Waals surface area contributed by atoms with Crippen LogP contribution < -0.4 is 0 Å². The van der Waals surface area contributed by atoms with Crippen molar-refractivity contribution in [3.8, 4) is 0 Å². The average molecular weight is 299 g/mol. The molecule has 3 nitrogen and oxygen atoms in total. The fraction of sp³-hybridized carbons (Fsp3) is 0.462. The Labute approximate surface area is 109 Å². The molecule has 2 rings (SSSR count). The molecule has 0 amide bonds. The van der Waals surface area contributed by atoms with Gasteiger partial charge in [-0.05, 0) is 30.5 Å². The van der Waals surface area contributed by atoms with E-state index in [4.69, 9.17) is 9.84 Å². The van der Waals surface area contributed by atoms with E-state index < -0.39 is 5.97 Å². The molecule has 0 saturated heterocycles. The van der Waals surface area contributed by atoms with Crippen molar-refractivity contribution in [2.45, 2.75) is 38.4 Å². The molecule has 17 heavy (non-hydrogen) atoms. The van der Waals surface area contributed by atoms with E-state index in [1.165, 1.54) is 12.8 Å². The first-order chi connectivity index (χ1) is 8.16. The highest BCUT2D eigenvalue weighted by molar-refractivity contribution is 9.10. The van der Waals surface area contributed by atoms with Crippen molar-refractivity contribution in [1.29, 1.82) is 0 Å². The van der Waals surface area contributed by atoms with Crippen molar-refractivity contribution in [1.82, 2.24) is 0 Å². The van der Waals surface area contributed by atoms with Crippen LogP contribution in [0.25, 0.3) is 0 Å². The van der Waals surface area contributed by atoms with Crippen molar-refractivity contribution in [2.24, 2.45) is 0 Å². The largest absolute Gasteiger partial charge is 0.478 e. The Morgan fingerprint density at radius 3 is 2.71 bits per heavy atom. The molecule has 0 bridgehead atoms. The number of carboxylic acids is 1. The summed E-state index contributed by atoms with van der Waals surface area (Å²) in [5.74, 6) is -0.908. The molecule has 0 spiro atoms. The molecule has 1 aromatic rings. The molecule has 1 aliphatic carbocycles. The Morgan fingerprint density at radius 1 is 1.41 bits per heavy atom. The Hall–Kier alpha value is -0.870. The standard InChI is InChI=1S/C13H15BrO3/c14-12-7-9(13(15)16)5-6-10(12)8-17-11-3-1-2-4-11/h5-7,11H,1-4,8H2,(H,15,16). The molecule has 1 aromatic carbocycles. The number of rotatable bonds is 4. The summed E-state index contributed by atoms with van der Waals surface area (Å²) in [4.78, 5) is 10.8.